The first-order chi connectivity index (χ1) is 8.31. The first-order valence-electron chi connectivity index (χ1n) is 5.74. The summed E-state index contributed by atoms with van der Waals surface area (Å²) in [6.45, 7) is 2.29. The standard InChI is InChI=1S/C12H17N3O2/c1-13-11-9-17-7-6-15(12(11)16)8-10-2-4-14-5-3-10/h2-5,11,13H,6-9H2,1H3. The molecule has 0 saturated carbocycles. The molecular formula is C12H17N3O2. The Morgan fingerprint density at radius 1 is 1.53 bits per heavy atom. The van der Waals surface area contributed by atoms with Crippen LogP contribution in [-0.4, -0.2) is 48.6 Å². The highest BCUT2D eigenvalue weighted by Gasteiger charge is 2.25. The van der Waals surface area contributed by atoms with E-state index in [1.165, 1.54) is 0 Å². The van der Waals surface area contributed by atoms with Crippen LogP contribution in [0.25, 0.3) is 0 Å². The van der Waals surface area contributed by atoms with E-state index >= 15 is 0 Å². The maximum Gasteiger partial charge on any atom is 0.242 e. The first-order valence-corrected chi connectivity index (χ1v) is 5.74. The van der Waals surface area contributed by atoms with Crippen molar-refractivity contribution in [3.63, 3.8) is 0 Å². The summed E-state index contributed by atoms with van der Waals surface area (Å²) in [5, 5.41) is 2.98. The van der Waals surface area contributed by atoms with E-state index in [2.05, 4.69) is 10.3 Å². The van der Waals surface area contributed by atoms with Gasteiger partial charge in [0.25, 0.3) is 0 Å². The smallest absolute Gasteiger partial charge is 0.242 e. The molecule has 0 radical (unpaired) electrons. The second kappa shape index (κ2) is 5.75. The molecule has 1 saturated heterocycles. The number of likely N-dealkylation sites (N-methyl/N-ethyl adjacent to an activating group) is 1. The number of aromatic nitrogens is 1. The van der Waals surface area contributed by atoms with E-state index < -0.39 is 0 Å². The van der Waals surface area contributed by atoms with Gasteiger partial charge in [0.05, 0.1) is 13.2 Å². The molecule has 1 aromatic rings. The summed E-state index contributed by atoms with van der Waals surface area (Å²) >= 11 is 0. The van der Waals surface area contributed by atoms with Gasteiger partial charge in [-0.1, -0.05) is 0 Å². The zero-order valence-corrected chi connectivity index (χ0v) is 9.93. The Labute approximate surface area is 101 Å². The van der Waals surface area contributed by atoms with Gasteiger partial charge in [0.1, 0.15) is 6.04 Å². The molecule has 1 aliphatic heterocycles. The van der Waals surface area contributed by atoms with Gasteiger partial charge in [0.2, 0.25) is 5.91 Å². The number of amides is 1. The number of carbonyl (C=O) groups excluding carboxylic acids is 1. The molecule has 5 heteroatoms. The molecule has 0 aliphatic carbocycles. The van der Waals surface area contributed by atoms with E-state index in [4.69, 9.17) is 4.74 Å². The van der Waals surface area contributed by atoms with Gasteiger partial charge in [-0.3, -0.25) is 9.78 Å². The van der Waals surface area contributed by atoms with Gasteiger partial charge in [-0.05, 0) is 24.7 Å². The fourth-order valence-corrected chi connectivity index (χ4v) is 1.85. The predicted octanol–water partition coefficient (Wildman–Crippen LogP) is 0.0284. The molecule has 1 fully saturated rings. The third-order valence-corrected chi connectivity index (χ3v) is 2.87. The molecule has 1 aliphatic rings. The minimum Gasteiger partial charge on any atom is -0.377 e. The molecule has 17 heavy (non-hydrogen) atoms. The number of hydrogen-bond donors (Lipinski definition) is 1. The summed E-state index contributed by atoms with van der Waals surface area (Å²) in [5.74, 6) is 0.0989. The molecule has 0 aromatic carbocycles. The lowest BCUT2D eigenvalue weighted by atomic mass is 10.2. The number of pyridine rings is 1. The molecule has 2 rings (SSSR count). The average Bonchev–Trinajstić information content (AvgIpc) is 2.54. The van der Waals surface area contributed by atoms with Crippen LogP contribution in [-0.2, 0) is 16.1 Å². The second-order valence-corrected chi connectivity index (χ2v) is 4.03. The summed E-state index contributed by atoms with van der Waals surface area (Å²) < 4.78 is 5.40. The van der Waals surface area contributed by atoms with Gasteiger partial charge < -0.3 is 15.0 Å². The second-order valence-electron chi connectivity index (χ2n) is 4.03. The Bertz CT molecular complexity index is 369. The summed E-state index contributed by atoms with van der Waals surface area (Å²) in [6, 6.07) is 3.61. The van der Waals surface area contributed by atoms with Crippen molar-refractivity contribution < 1.29 is 9.53 Å². The van der Waals surface area contributed by atoms with Crippen LogP contribution in [0.4, 0.5) is 0 Å². The summed E-state index contributed by atoms with van der Waals surface area (Å²) in [6.07, 6.45) is 3.48. The molecule has 1 aromatic heterocycles. The average molecular weight is 235 g/mol. The van der Waals surface area contributed by atoms with Crippen LogP contribution in [0.3, 0.4) is 0 Å². The highest BCUT2D eigenvalue weighted by molar-refractivity contribution is 5.82. The third kappa shape index (κ3) is 3.01. The molecule has 1 amide bonds. The summed E-state index contributed by atoms with van der Waals surface area (Å²) in [7, 11) is 1.78. The first kappa shape index (κ1) is 12.0. The van der Waals surface area contributed by atoms with Crippen molar-refractivity contribution in [3.05, 3.63) is 30.1 Å². The van der Waals surface area contributed by atoms with Crippen LogP contribution in [0.2, 0.25) is 0 Å². The number of hydrogen-bond acceptors (Lipinski definition) is 4. The molecule has 0 bridgehead atoms. The number of ether oxygens (including phenoxy) is 1. The predicted molar refractivity (Wildman–Crippen MR) is 63.3 cm³/mol. The molecule has 0 spiro atoms. The lowest BCUT2D eigenvalue weighted by Crippen LogP contribution is -2.45. The van der Waals surface area contributed by atoms with Crippen LogP contribution in [0.5, 0.6) is 0 Å². The summed E-state index contributed by atoms with van der Waals surface area (Å²) in [4.78, 5) is 17.9. The maximum atomic E-state index is 12.1. The molecule has 5 nitrogen and oxygen atoms in total. The molecule has 92 valence electrons. The minimum atomic E-state index is -0.237. The lowest BCUT2D eigenvalue weighted by Gasteiger charge is -2.23. The Morgan fingerprint density at radius 2 is 2.29 bits per heavy atom. The van der Waals surface area contributed by atoms with Crippen molar-refractivity contribution >= 4 is 5.91 Å². The van der Waals surface area contributed by atoms with Crippen molar-refractivity contribution in [1.29, 1.82) is 0 Å². The van der Waals surface area contributed by atoms with Gasteiger partial charge in [0.15, 0.2) is 0 Å². The molecule has 1 N–H and O–H groups in total. The molecule has 1 unspecified atom stereocenters. The third-order valence-electron chi connectivity index (χ3n) is 2.87. The highest BCUT2D eigenvalue weighted by Crippen LogP contribution is 2.08. The van der Waals surface area contributed by atoms with Crippen molar-refractivity contribution in [3.8, 4) is 0 Å². The van der Waals surface area contributed by atoms with E-state index in [0.717, 1.165) is 5.56 Å². The quantitative estimate of drug-likeness (QED) is 0.803. The maximum absolute atomic E-state index is 12.1. The Kier molecular flexibility index (Phi) is 4.06. The van der Waals surface area contributed by atoms with Crippen LogP contribution in [0.1, 0.15) is 5.56 Å². The van der Waals surface area contributed by atoms with Gasteiger partial charge >= 0.3 is 0 Å². The van der Waals surface area contributed by atoms with E-state index in [0.29, 0.717) is 26.3 Å². The van der Waals surface area contributed by atoms with E-state index in [1.807, 2.05) is 17.0 Å². The topological polar surface area (TPSA) is 54.5 Å². The van der Waals surface area contributed by atoms with Gasteiger partial charge in [-0.15, -0.1) is 0 Å². The Balaban J connectivity index is 2.06. The lowest BCUT2D eigenvalue weighted by molar-refractivity contribution is -0.133. The van der Waals surface area contributed by atoms with Gasteiger partial charge in [-0.2, -0.15) is 0 Å². The zero-order chi connectivity index (χ0) is 12.1. The van der Waals surface area contributed by atoms with Crippen molar-refractivity contribution in [2.45, 2.75) is 12.6 Å². The SMILES string of the molecule is CNC1COCCN(Cc2ccncc2)C1=O. The van der Waals surface area contributed by atoms with E-state index in [9.17, 15) is 4.79 Å². The number of carbonyl (C=O) groups is 1. The van der Waals surface area contributed by atoms with Crippen LogP contribution >= 0.6 is 0 Å². The Morgan fingerprint density at radius 3 is 3.00 bits per heavy atom. The summed E-state index contributed by atoms with van der Waals surface area (Å²) in [5.41, 5.74) is 1.09. The normalized spacial score (nSPS) is 21.4. The minimum absolute atomic E-state index is 0.0989. The molecule has 2 heterocycles. The monoisotopic (exact) mass is 235 g/mol. The molecule has 1 atom stereocenters. The van der Waals surface area contributed by atoms with Gasteiger partial charge in [-0.25, -0.2) is 0 Å². The number of nitrogens with one attached hydrogen (secondary N) is 1. The van der Waals surface area contributed by atoms with Crippen LogP contribution in [0.15, 0.2) is 24.5 Å². The van der Waals surface area contributed by atoms with Crippen LogP contribution < -0.4 is 5.32 Å². The molecular weight excluding hydrogens is 218 g/mol. The zero-order valence-electron chi connectivity index (χ0n) is 9.93. The number of nitrogens with zero attached hydrogens (tertiary/aromatic N) is 2. The van der Waals surface area contributed by atoms with E-state index in [-0.39, 0.29) is 11.9 Å². The van der Waals surface area contributed by atoms with Crippen molar-refractivity contribution in [2.75, 3.05) is 26.8 Å². The fourth-order valence-electron chi connectivity index (χ4n) is 1.85. The largest absolute Gasteiger partial charge is 0.377 e. The fraction of sp³-hybridized carbons (Fsp3) is 0.500. The van der Waals surface area contributed by atoms with E-state index in [1.54, 1.807) is 19.4 Å². The number of rotatable bonds is 3. The van der Waals surface area contributed by atoms with Gasteiger partial charge in [0, 0.05) is 25.5 Å². The Hall–Kier alpha value is -1.46. The highest BCUT2D eigenvalue weighted by atomic mass is 16.5. The van der Waals surface area contributed by atoms with Crippen molar-refractivity contribution in [2.24, 2.45) is 0 Å². The van der Waals surface area contributed by atoms with Crippen molar-refractivity contribution in [1.82, 2.24) is 15.2 Å². The van der Waals surface area contributed by atoms with Crippen LogP contribution in [0, 0.1) is 0 Å².